The lowest BCUT2D eigenvalue weighted by Crippen LogP contribution is -2.35. The average molecular weight is 445 g/mol. The summed E-state index contributed by atoms with van der Waals surface area (Å²) in [4.78, 5) is 17.2. The van der Waals surface area contributed by atoms with Gasteiger partial charge in [0.25, 0.3) is 0 Å². The highest BCUT2D eigenvalue weighted by atomic mass is 16.5. The highest BCUT2D eigenvalue weighted by Crippen LogP contribution is 2.36. The molecule has 1 heterocycles. The molecule has 4 rings (SSSR count). The molecule has 1 unspecified atom stereocenters. The fourth-order valence-corrected chi connectivity index (χ4v) is 4.11. The average Bonchev–Trinajstić information content (AvgIpc) is 3.19. The van der Waals surface area contributed by atoms with Gasteiger partial charge in [0.2, 0.25) is 0 Å². The van der Waals surface area contributed by atoms with Crippen molar-refractivity contribution in [1.29, 1.82) is 0 Å². The molecule has 6 nitrogen and oxygen atoms in total. The molecule has 1 atom stereocenters. The smallest absolute Gasteiger partial charge is 0.325 e. The molecule has 0 aromatic heterocycles. The topological polar surface area (TPSA) is 51.2 Å². The van der Waals surface area contributed by atoms with Gasteiger partial charge in [0.15, 0.2) is 11.5 Å². The highest BCUT2D eigenvalue weighted by Gasteiger charge is 2.40. The summed E-state index contributed by atoms with van der Waals surface area (Å²) in [5.41, 5.74) is 3.61. The fraction of sp³-hybridized carbons (Fsp3) is 0.222. The van der Waals surface area contributed by atoms with Gasteiger partial charge in [0, 0.05) is 18.8 Å². The number of amides is 2. The van der Waals surface area contributed by atoms with Gasteiger partial charge in [-0.15, -0.1) is 0 Å². The van der Waals surface area contributed by atoms with Crippen molar-refractivity contribution >= 4 is 17.3 Å². The minimum atomic E-state index is -0.226. The van der Waals surface area contributed by atoms with Gasteiger partial charge in [-0.3, -0.25) is 4.90 Å². The van der Waals surface area contributed by atoms with Gasteiger partial charge < -0.3 is 19.1 Å². The quantitative estimate of drug-likeness (QED) is 0.477. The molecule has 6 heteroatoms. The highest BCUT2D eigenvalue weighted by molar-refractivity contribution is 5.99. The van der Waals surface area contributed by atoms with Gasteiger partial charge in [-0.05, 0) is 53.1 Å². The van der Waals surface area contributed by atoms with Gasteiger partial charge in [-0.1, -0.05) is 43.0 Å². The number of carbonyl (C=O) groups excluding carboxylic acids is 1. The van der Waals surface area contributed by atoms with Crippen LogP contribution in [0.25, 0.3) is 5.57 Å². The first-order chi connectivity index (χ1) is 16.0. The van der Waals surface area contributed by atoms with Crippen molar-refractivity contribution in [3.05, 3.63) is 90.5 Å². The third-order valence-corrected chi connectivity index (χ3v) is 5.91. The maximum Gasteiger partial charge on any atom is 0.325 e. The molecule has 0 radical (unpaired) electrons. The summed E-state index contributed by atoms with van der Waals surface area (Å²) in [5.74, 6) is 2.07. The lowest BCUT2D eigenvalue weighted by molar-refractivity contribution is 0.218. The Kier molecular flexibility index (Phi) is 6.54. The number of nitrogens with zero attached hydrogens (tertiary/aromatic N) is 2. The second-order valence-electron chi connectivity index (χ2n) is 7.83. The van der Waals surface area contributed by atoms with Crippen LogP contribution in [0.2, 0.25) is 0 Å². The Labute approximate surface area is 194 Å². The lowest BCUT2D eigenvalue weighted by Gasteiger charge is -2.25. The van der Waals surface area contributed by atoms with Gasteiger partial charge in [0.05, 0.1) is 27.4 Å². The van der Waals surface area contributed by atoms with Gasteiger partial charge in [0.1, 0.15) is 5.75 Å². The van der Waals surface area contributed by atoms with Gasteiger partial charge in [-0.2, -0.15) is 0 Å². The second-order valence-corrected chi connectivity index (χ2v) is 7.83. The van der Waals surface area contributed by atoms with Crippen LogP contribution in [0.5, 0.6) is 17.2 Å². The molecule has 0 N–H and O–H groups in total. The summed E-state index contributed by atoms with van der Waals surface area (Å²) in [5, 5.41) is 0. The number of benzene rings is 3. The zero-order valence-electron chi connectivity index (χ0n) is 19.2. The molecule has 170 valence electrons. The third kappa shape index (κ3) is 4.51. The van der Waals surface area contributed by atoms with E-state index in [4.69, 9.17) is 14.2 Å². The van der Waals surface area contributed by atoms with Crippen LogP contribution < -0.4 is 19.1 Å². The zero-order valence-corrected chi connectivity index (χ0v) is 19.2. The minimum absolute atomic E-state index is 0.0522. The third-order valence-electron chi connectivity index (χ3n) is 5.91. The molecular formula is C27H28N2O4. The second kappa shape index (κ2) is 9.69. The summed E-state index contributed by atoms with van der Waals surface area (Å²) in [6.07, 6.45) is 0. The Hall–Kier alpha value is -3.93. The summed E-state index contributed by atoms with van der Waals surface area (Å²) >= 11 is 0. The van der Waals surface area contributed by atoms with Crippen molar-refractivity contribution in [1.82, 2.24) is 4.90 Å². The van der Waals surface area contributed by atoms with Crippen molar-refractivity contribution in [2.75, 3.05) is 32.8 Å². The molecule has 0 aliphatic carbocycles. The monoisotopic (exact) mass is 444 g/mol. The summed E-state index contributed by atoms with van der Waals surface area (Å²) in [6, 6.07) is 22.9. The predicted octanol–water partition coefficient (Wildman–Crippen LogP) is 5.24. The van der Waals surface area contributed by atoms with Crippen LogP contribution in [0.15, 0.2) is 79.4 Å². The fourth-order valence-electron chi connectivity index (χ4n) is 4.11. The molecule has 2 amide bonds. The van der Waals surface area contributed by atoms with Crippen molar-refractivity contribution < 1.29 is 19.0 Å². The molecule has 1 aliphatic heterocycles. The Morgan fingerprint density at radius 1 is 0.909 bits per heavy atom. The van der Waals surface area contributed by atoms with E-state index in [1.54, 1.807) is 21.3 Å². The van der Waals surface area contributed by atoms with E-state index in [0.717, 1.165) is 28.1 Å². The number of hydrogen-bond donors (Lipinski definition) is 0. The number of ether oxygens (including phenoxy) is 3. The Morgan fingerprint density at radius 3 is 2.24 bits per heavy atom. The normalized spacial score (nSPS) is 15.5. The van der Waals surface area contributed by atoms with E-state index in [9.17, 15) is 4.79 Å². The summed E-state index contributed by atoms with van der Waals surface area (Å²) in [6.45, 7) is 5.40. The van der Waals surface area contributed by atoms with Crippen LogP contribution >= 0.6 is 0 Å². The molecular weight excluding hydrogens is 416 g/mol. The molecule has 1 fully saturated rings. The van der Waals surface area contributed by atoms with E-state index in [2.05, 4.69) is 6.58 Å². The van der Waals surface area contributed by atoms with Crippen LogP contribution in [-0.4, -0.2) is 44.8 Å². The molecule has 1 aliphatic rings. The number of anilines is 1. The van der Waals surface area contributed by atoms with Crippen LogP contribution in [0.1, 0.15) is 11.1 Å². The number of rotatable bonds is 8. The number of urea groups is 1. The first-order valence-corrected chi connectivity index (χ1v) is 10.7. The van der Waals surface area contributed by atoms with Gasteiger partial charge >= 0.3 is 6.03 Å². The molecule has 3 aromatic rings. The maximum absolute atomic E-state index is 13.5. The maximum atomic E-state index is 13.5. The number of methoxy groups -OCH3 is 3. The van der Waals surface area contributed by atoms with Crippen LogP contribution in [0.3, 0.4) is 0 Å². The molecule has 0 saturated carbocycles. The van der Waals surface area contributed by atoms with E-state index in [-0.39, 0.29) is 12.1 Å². The van der Waals surface area contributed by atoms with E-state index >= 15 is 0 Å². The van der Waals surface area contributed by atoms with E-state index in [1.165, 1.54) is 0 Å². The molecule has 0 bridgehead atoms. The summed E-state index contributed by atoms with van der Waals surface area (Å²) in [7, 11) is 4.85. The van der Waals surface area contributed by atoms with Crippen molar-refractivity contribution in [2.45, 2.75) is 12.6 Å². The van der Waals surface area contributed by atoms with E-state index < -0.39 is 0 Å². The van der Waals surface area contributed by atoms with Crippen LogP contribution in [0, 0.1) is 0 Å². The van der Waals surface area contributed by atoms with Crippen molar-refractivity contribution in [2.24, 2.45) is 0 Å². The predicted molar refractivity (Wildman–Crippen MR) is 130 cm³/mol. The van der Waals surface area contributed by atoms with E-state index in [1.807, 2.05) is 82.6 Å². The van der Waals surface area contributed by atoms with Crippen molar-refractivity contribution in [3.8, 4) is 17.2 Å². The number of hydrogen-bond acceptors (Lipinski definition) is 4. The standard InChI is InChI=1S/C27H28N2O4/c1-19(21-12-15-25(32-3)26(16-21)33-4)24-18-28(17-20-10-13-23(31-2)14-11-20)27(30)29(24)22-8-6-5-7-9-22/h5-16,24H,1,17-18H2,2-4H3. The Bertz CT molecular complexity index is 1130. The minimum Gasteiger partial charge on any atom is -0.497 e. The van der Waals surface area contributed by atoms with Crippen LogP contribution in [-0.2, 0) is 6.54 Å². The molecule has 0 spiro atoms. The van der Waals surface area contributed by atoms with E-state index in [0.29, 0.717) is 24.6 Å². The lowest BCUT2D eigenvalue weighted by atomic mass is 9.98. The first-order valence-electron chi connectivity index (χ1n) is 10.7. The SMILES string of the molecule is C=C(c1ccc(OC)c(OC)c1)C1CN(Cc2ccc(OC)cc2)C(=O)N1c1ccccc1. The van der Waals surface area contributed by atoms with Crippen molar-refractivity contribution in [3.63, 3.8) is 0 Å². The Balaban J connectivity index is 1.65. The Morgan fingerprint density at radius 2 is 1.61 bits per heavy atom. The molecule has 33 heavy (non-hydrogen) atoms. The zero-order chi connectivity index (χ0) is 23.4. The van der Waals surface area contributed by atoms with Crippen LogP contribution in [0.4, 0.5) is 10.5 Å². The number of para-hydroxylation sites is 1. The molecule has 1 saturated heterocycles. The summed E-state index contributed by atoms with van der Waals surface area (Å²) < 4.78 is 16.1. The first kappa shape index (κ1) is 22.3. The molecule has 3 aromatic carbocycles. The largest absolute Gasteiger partial charge is 0.497 e. The van der Waals surface area contributed by atoms with Gasteiger partial charge in [-0.25, -0.2) is 4.79 Å². The number of carbonyl (C=O) groups is 1.